The van der Waals surface area contributed by atoms with Crippen LogP contribution in [0.1, 0.15) is 56.3 Å². The van der Waals surface area contributed by atoms with E-state index in [1.54, 1.807) is 24.3 Å². The van der Waals surface area contributed by atoms with Crippen molar-refractivity contribution in [3.63, 3.8) is 0 Å². The van der Waals surface area contributed by atoms with Crippen molar-refractivity contribution >= 4 is 18.2 Å². The van der Waals surface area contributed by atoms with Crippen LogP contribution in [0.5, 0.6) is 5.75 Å². The van der Waals surface area contributed by atoms with E-state index in [4.69, 9.17) is 9.47 Å². The number of benzene rings is 1. The molecule has 5 heteroatoms. The third kappa shape index (κ3) is 8.76. The number of carbonyl (C=O) groups is 3. The fourth-order valence-corrected chi connectivity index (χ4v) is 1.84. The first kappa shape index (κ1) is 18.9. The van der Waals surface area contributed by atoms with Gasteiger partial charge < -0.3 is 9.47 Å². The number of rotatable bonds is 10. The Morgan fingerprint density at radius 1 is 1.00 bits per heavy atom. The molecule has 0 saturated heterocycles. The Morgan fingerprint density at radius 3 is 2.17 bits per heavy atom. The maximum Gasteiger partial charge on any atom is 0.311 e. The first-order valence-corrected chi connectivity index (χ1v) is 7.93. The smallest absolute Gasteiger partial charge is 0.311 e. The molecular formula is C18H24O5. The first-order valence-electron chi connectivity index (χ1n) is 7.93. The molecule has 0 aromatic heterocycles. The molecule has 1 rings (SSSR count). The van der Waals surface area contributed by atoms with Gasteiger partial charge in [-0.25, -0.2) is 0 Å². The van der Waals surface area contributed by atoms with Gasteiger partial charge in [0.25, 0.3) is 0 Å². The highest BCUT2D eigenvalue weighted by Crippen LogP contribution is 2.13. The van der Waals surface area contributed by atoms with Gasteiger partial charge in [-0.2, -0.15) is 0 Å². The number of unbranched alkanes of at least 4 members (excludes halogenated alkanes) is 2. The van der Waals surface area contributed by atoms with Crippen LogP contribution < -0.4 is 4.74 Å². The molecule has 0 saturated carbocycles. The van der Waals surface area contributed by atoms with Gasteiger partial charge in [-0.05, 0) is 43.0 Å². The molecule has 0 aliphatic heterocycles. The van der Waals surface area contributed by atoms with E-state index in [1.165, 1.54) is 0 Å². The fraction of sp³-hybridized carbons (Fsp3) is 0.500. The predicted molar refractivity (Wildman–Crippen MR) is 86.3 cm³/mol. The second-order valence-electron chi connectivity index (χ2n) is 5.80. The minimum atomic E-state index is -0.314. The van der Waals surface area contributed by atoms with Crippen molar-refractivity contribution < 1.29 is 23.9 Å². The van der Waals surface area contributed by atoms with Crippen molar-refractivity contribution in [2.24, 2.45) is 5.92 Å². The van der Waals surface area contributed by atoms with E-state index in [9.17, 15) is 14.4 Å². The molecule has 5 nitrogen and oxygen atoms in total. The summed E-state index contributed by atoms with van der Waals surface area (Å²) in [7, 11) is 0. The third-order valence-electron chi connectivity index (χ3n) is 3.09. The van der Waals surface area contributed by atoms with Crippen LogP contribution in [0.25, 0.3) is 0 Å². The van der Waals surface area contributed by atoms with Crippen LogP contribution in [0.4, 0.5) is 0 Å². The van der Waals surface area contributed by atoms with Gasteiger partial charge in [-0.15, -0.1) is 0 Å². The summed E-state index contributed by atoms with van der Waals surface area (Å²) < 4.78 is 10.2. The van der Waals surface area contributed by atoms with Gasteiger partial charge in [-0.1, -0.05) is 20.3 Å². The summed E-state index contributed by atoms with van der Waals surface area (Å²) in [5, 5.41) is 0. The molecule has 0 unspecified atom stereocenters. The van der Waals surface area contributed by atoms with Gasteiger partial charge in [0.15, 0.2) is 0 Å². The lowest BCUT2D eigenvalue weighted by atomic mass is 10.1. The van der Waals surface area contributed by atoms with Crippen LogP contribution in [0.15, 0.2) is 24.3 Å². The summed E-state index contributed by atoms with van der Waals surface area (Å²) in [6, 6.07) is 6.37. The molecule has 0 atom stereocenters. The Balaban J connectivity index is 2.11. The molecule has 0 heterocycles. The van der Waals surface area contributed by atoms with E-state index >= 15 is 0 Å². The number of carbonyl (C=O) groups excluding carboxylic acids is 3. The van der Waals surface area contributed by atoms with E-state index in [0.29, 0.717) is 49.5 Å². The quantitative estimate of drug-likeness (QED) is 0.285. The van der Waals surface area contributed by atoms with E-state index in [0.717, 1.165) is 12.7 Å². The minimum absolute atomic E-state index is 0.184. The topological polar surface area (TPSA) is 69.7 Å². The normalized spacial score (nSPS) is 10.4. The minimum Gasteiger partial charge on any atom is -0.465 e. The molecule has 0 aliphatic rings. The Labute approximate surface area is 137 Å². The second-order valence-corrected chi connectivity index (χ2v) is 5.80. The summed E-state index contributed by atoms with van der Waals surface area (Å²) in [5.41, 5.74) is 0.536. The molecule has 126 valence electrons. The number of hydrogen-bond acceptors (Lipinski definition) is 5. The summed E-state index contributed by atoms with van der Waals surface area (Å²) in [6.45, 7) is 4.44. The molecular weight excluding hydrogens is 296 g/mol. The van der Waals surface area contributed by atoms with Crippen molar-refractivity contribution in [3.8, 4) is 5.75 Å². The average Bonchev–Trinajstić information content (AvgIpc) is 2.53. The average molecular weight is 320 g/mol. The largest absolute Gasteiger partial charge is 0.465 e. The molecule has 1 aromatic carbocycles. The summed E-state index contributed by atoms with van der Waals surface area (Å²) in [4.78, 5) is 33.6. The first-order chi connectivity index (χ1) is 11.0. The molecule has 0 radical (unpaired) electrons. The lowest BCUT2D eigenvalue weighted by Gasteiger charge is -2.07. The number of esters is 2. The van der Waals surface area contributed by atoms with Crippen LogP contribution in [0.2, 0.25) is 0 Å². The Morgan fingerprint density at radius 2 is 1.61 bits per heavy atom. The van der Waals surface area contributed by atoms with Gasteiger partial charge in [0.2, 0.25) is 0 Å². The predicted octanol–water partition coefficient (Wildman–Crippen LogP) is 3.55. The van der Waals surface area contributed by atoms with Gasteiger partial charge in [-0.3, -0.25) is 14.4 Å². The SMILES string of the molecule is CC(C)COC(=O)CCCCCC(=O)Oc1ccc(C=O)cc1. The highest BCUT2D eigenvalue weighted by Gasteiger charge is 2.07. The number of hydrogen-bond donors (Lipinski definition) is 0. The van der Waals surface area contributed by atoms with Crippen LogP contribution in [-0.2, 0) is 14.3 Å². The van der Waals surface area contributed by atoms with E-state index in [1.807, 2.05) is 13.8 Å². The van der Waals surface area contributed by atoms with Crippen LogP contribution in [0.3, 0.4) is 0 Å². The summed E-state index contributed by atoms with van der Waals surface area (Å²) in [6.07, 6.45) is 3.57. The molecule has 0 aliphatic carbocycles. The molecule has 0 amide bonds. The molecule has 0 N–H and O–H groups in total. The fourth-order valence-electron chi connectivity index (χ4n) is 1.84. The van der Waals surface area contributed by atoms with Crippen LogP contribution in [-0.4, -0.2) is 24.8 Å². The zero-order valence-electron chi connectivity index (χ0n) is 13.7. The Hall–Kier alpha value is -2.17. The maximum absolute atomic E-state index is 11.7. The number of ether oxygens (including phenoxy) is 2. The van der Waals surface area contributed by atoms with Crippen molar-refractivity contribution in [2.45, 2.75) is 46.0 Å². The molecule has 0 bridgehead atoms. The maximum atomic E-state index is 11.7. The second kappa shape index (κ2) is 10.5. The lowest BCUT2D eigenvalue weighted by Crippen LogP contribution is -2.10. The molecule has 0 fully saturated rings. The van der Waals surface area contributed by atoms with Gasteiger partial charge in [0, 0.05) is 18.4 Å². The zero-order valence-corrected chi connectivity index (χ0v) is 13.7. The van der Waals surface area contributed by atoms with Crippen LogP contribution in [0, 0.1) is 5.92 Å². The zero-order chi connectivity index (χ0) is 17.1. The van der Waals surface area contributed by atoms with Crippen LogP contribution >= 0.6 is 0 Å². The van der Waals surface area contributed by atoms with E-state index in [-0.39, 0.29) is 11.9 Å². The van der Waals surface area contributed by atoms with Gasteiger partial charge in [0.1, 0.15) is 12.0 Å². The van der Waals surface area contributed by atoms with Crippen molar-refractivity contribution in [2.75, 3.05) is 6.61 Å². The van der Waals surface area contributed by atoms with Gasteiger partial charge >= 0.3 is 11.9 Å². The lowest BCUT2D eigenvalue weighted by molar-refractivity contribution is -0.144. The molecule has 1 aromatic rings. The highest BCUT2D eigenvalue weighted by atomic mass is 16.5. The monoisotopic (exact) mass is 320 g/mol. The summed E-state index contributed by atoms with van der Waals surface area (Å²) >= 11 is 0. The van der Waals surface area contributed by atoms with Gasteiger partial charge in [0.05, 0.1) is 6.61 Å². The molecule has 23 heavy (non-hydrogen) atoms. The van der Waals surface area contributed by atoms with Crippen molar-refractivity contribution in [1.82, 2.24) is 0 Å². The highest BCUT2D eigenvalue weighted by molar-refractivity contribution is 5.76. The Kier molecular flexibility index (Phi) is 8.65. The standard InChI is InChI=1S/C18H24O5/c1-14(2)13-22-17(20)6-4-3-5-7-18(21)23-16-10-8-15(12-19)9-11-16/h8-12,14H,3-7,13H2,1-2H3. The van der Waals surface area contributed by atoms with E-state index < -0.39 is 0 Å². The van der Waals surface area contributed by atoms with Crippen molar-refractivity contribution in [3.05, 3.63) is 29.8 Å². The number of aldehydes is 1. The molecule has 0 spiro atoms. The van der Waals surface area contributed by atoms with E-state index in [2.05, 4.69) is 0 Å². The third-order valence-corrected chi connectivity index (χ3v) is 3.09. The van der Waals surface area contributed by atoms with Crippen molar-refractivity contribution in [1.29, 1.82) is 0 Å². The summed E-state index contributed by atoms with van der Waals surface area (Å²) in [5.74, 6) is 0.273. The Bertz CT molecular complexity index is 505.